The number of nitrogens with zero attached hydrogens (tertiary/aromatic N) is 3. The molecular formula is C9H8F3N3O. The molecule has 0 radical (unpaired) electrons. The highest BCUT2D eigenvalue weighted by Crippen LogP contribution is 2.29. The lowest BCUT2D eigenvalue weighted by Gasteiger charge is -2.10. The van der Waals surface area contributed by atoms with E-state index in [9.17, 15) is 18.3 Å². The predicted molar refractivity (Wildman–Crippen MR) is 50.4 cm³/mol. The number of rotatable bonds is 3. The first kappa shape index (κ1) is 12.4. The zero-order valence-electron chi connectivity index (χ0n) is 8.02. The Bertz CT molecular complexity index is 395. The van der Waals surface area contributed by atoms with Crippen molar-refractivity contribution in [3.05, 3.63) is 45.8 Å². The summed E-state index contributed by atoms with van der Waals surface area (Å²) in [5.41, 5.74) is 7.50. The summed E-state index contributed by atoms with van der Waals surface area (Å²) in [5, 5.41) is 12.5. The molecule has 1 atom stereocenters. The van der Waals surface area contributed by atoms with Gasteiger partial charge in [0, 0.05) is 4.91 Å². The van der Waals surface area contributed by atoms with Crippen molar-refractivity contribution >= 4 is 0 Å². The van der Waals surface area contributed by atoms with Gasteiger partial charge >= 0.3 is 6.18 Å². The first-order valence-electron chi connectivity index (χ1n) is 4.31. The van der Waals surface area contributed by atoms with Crippen LogP contribution < -0.4 is 0 Å². The van der Waals surface area contributed by atoms with Gasteiger partial charge in [-0.3, -0.25) is 0 Å². The third kappa shape index (κ3) is 3.15. The van der Waals surface area contributed by atoms with Crippen LogP contribution in [0.15, 0.2) is 29.4 Å². The Kier molecular flexibility index (Phi) is 3.76. The van der Waals surface area contributed by atoms with E-state index in [1.54, 1.807) is 0 Å². The van der Waals surface area contributed by atoms with Gasteiger partial charge in [0.2, 0.25) is 0 Å². The van der Waals surface area contributed by atoms with E-state index in [2.05, 4.69) is 10.0 Å². The quantitative estimate of drug-likeness (QED) is 0.484. The van der Waals surface area contributed by atoms with E-state index in [1.165, 1.54) is 0 Å². The molecule has 0 unspecified atom stereocenters. The molecule has 4 nitrogen and oxygen atoms in total. The molecule has 0 amide bonds. The van der Waals surface area contributed by atoms with Gasteiger partial charge in [-0.25, -0.2) is 0 Å². The van der Waals surface area contributed by atoms with Crippen LogP contribution in [0.1, 0.15) is 17.2 Å². The minimum Gasteiger partial charge on any atom is -0.388 e. The maximum Gasteiger partial charge on any atom is 0.416 e. The van der Waals surface area contributed by atoms with Gasteiger partial charge in [0.05, 0.1) is 18.2 Å². The van der Waals surface area contributed by atoms with Crippen LogP contribution in [0.4, 0.5) is 13.2 Å². The molecule has 0 spiro atoms. The molecule has 0 aliphatic heterocycles. The predicted octanol–water partition coefficient (Wildman–Crippen LogP) is 3.05. The Hall–Kier alpha value is -1.72. The number of hydrogen-bond acceptors (Lipinski definition) is 2. The topological polar surface area (TPSA) is 69.0 Å². The van der Waals surface area contributed by atoms with Gasteiger partial charge in [-0.05, 0) is 23.2 Å². The standard InChI is InChI=1S/C9H8F3N3O/c10-9(11,12)7-3-1-6(2-4-7)8(16)5-14-15-13/h1-4,8,16H,5H2/t8-/m0/s1. The van der Waals surface area contributed by atoms with Crippen LogP contribution in [-0.4, -0.2) is 11.7 Å². The largest absolute Gasteiger partial charge is 0.416 e. The van der Waals surface area contributed by atoms with Crippen LogP contribution in [0.5, 0.6) is 0 Å². The average Bonchev–Trinajstić information content (AvgIpc) is 2.25. The van der Waals surface area contributed by atoms with Crippen molar-refractivity contribution in [2.45, 2.75) is 12.3 Å². The fourth-order valence-corrected chi connectivity index (χ4v) is 1.11. The lowest BCUT2D eigenvalue weighted by atomic mass is 10.1. The van der Waals surface area contributed by atoms with E-state index < -0.39 is 17.8 Å². The van der Waals surface area contributed by atoms with E-state index in [-0.39, 0.29) is 12.1 Å². The van der Waals surface area contributed by atoms with Crippen LogP contribution in [0.3, 0.4) is 0 Å². The van der Waals surface area contributed by atoms with E-state index in [0.29, 0.717) is 0 Å². The second kappa shape index (κ2) is 4.87. The lowest BCUT2D eigenvalue weighted by molar-refractivity contribution is -0.137. The summed E-state index contributed by atoms with van der Waals surface area (Å²) in [7, 11) is 0. The summed E-state index contributed by atoms with van der Waals surface area (Å²) in [6, 6.07) is 4.05. The van der Waals surface area contributed by atoms with Gasteiger partial charge in [-0.15, -0.1) is 0 Å². The molecule has 0 saturated carbocycles. The Morgan fingerprint density at radius 1 is 1.31 bits per heavy atom. The van der Waals surface area contributed by atoms with Crippen molar-refractivity contribution < 1.29 is 18.3 Å². The number of benzene rings is 1. The van der Waals surface area contributed by atoms with Crippen LogP contribution in [0.2, 0.25) is 0 Å². The summed E-state index contributed by atoms with van der Waals surface area (Å²) >= 11 is 0. The third-order valence-corrected chi connectivity index (χ3v) is 1.94. The van der Waals surface area contributed by atoms with Gasteiger partial charge in [-0.2, -0.15) is 13.2 Å². The summed E-state index contributed by atoms with van der Waals surface area (Å²) < 4.78 is 36.6. The normalized spacial score (nSPS) is 13.0. The maximum absolute atomic E-state index is 12.2. The zero-order valence-corrected chi connectivity index (χ0v) is 8.02. The smallest absolute Gasteiger partial charge is 0.388 e. The summed E-state index contributed by atoms with van der Waals surface area (Å²) in [5.74, 6) is 0. The number of aliphatic hydroxyl groups excluding tert-OH is 1. The van der Waals surface area contributed by atoms with Gasteiger partial charge in [-0.1, -0.05) is 17.2 Å². The zero-order chi connectivity index (χ0) is 12.2. The Morgan fingerprint density at radius 3 is 2.31 bits per heavy atom. The first-order chi connectivity index (χ1) is 7.45. The molecule has 0 aromatic heterocycles. The fourth-order valence-electron chi connectivity index (χ4n) is 1.11. The van der Waals surface area contributed by atoms with Crippen molar-refractivity contribution in [3.8, 4) is 0 Å². The molecule has 16 heavy (non-hydrogen) atoms. The fraction of sp³-hybridized carbons (Fsp3) is 0.333. The molecular weight excluding hydrogens is 223 g/mol. The van der Waals surface area contributed by atoms with Gasteiger partial charge < -0.3 is 5.11 Å². The Balaban J connectivity index is 2.82. The molecule has 1 rings (SSSR count). The highest BCUT2D eigenvalue weighted by molar-refractivity contribution is 5.26. The van der Waals surface area contributed by atoms with Gasteiger partial charge in [0.25, 0.3) is 0 Å². The van der Waals surface area contributed by atoms with E-state index in [1.807, 2.05) is 0 Å². The molecule has 0 bridgehead atoms. The molecule has 1 aromatic carbocycles. The van der Waals surface area contributed by atoms with Gasteiger partial charge in [0.15, 0.2) is 0 Å². The van der Waals surface area contributed by atoms with Crippen LogP contribution in [0.25, 0.3) is 10.4 Å². The van der Waals surface area contributed by atoms with Gasteiger partial charge in [0.1, 0.15) is 0 Å². The number of aliphatic hydroxyl groups is 1. The summed E-state index contributed by atoms with van der Waals surface area (Å²) in [6.07, 6.45) is -5.48. The molecule has 0 aliphatic rings. The van der Waals surface area contributed by atoms with Crippen LogP contribution in [-0.2, 0) is 6.18 Å². The van der Waals surface area contributed by atoms with E-state index in [0.717, 1.165) is 24.3 Å². The van der Waals surface area contributed by atoms with Crippen molar-refractivity contribution in [1.29, 1.82) is 0 Å². The van der Waals surface area contributed by atoms with Crippen molar-refractivity contribution in [2.24, 2.45) is 5.11 Å². The Morgan fingerprint density at radius 2 is 1.88 bits per heavy atom. The molecule has 0 fully saturated rings. The van der Waals surface area contributed by atoms with Crippen LogP contribution in [0, 0.1) is 0 Å². The number of azide groups is 1. The van der Waals surface area contributed by atoms with E-state index in [4.69, 9.17) is 5.53 Å². The maximum atomic E-state index is 12.2. The third-order valence-electron chi connectivity index (χ3n) is 1.94. The molecule has 7 heteroatoms. The number of alkyl halides is 3. The second-order valence-corrected chi connectivity index (χ2v) is 3.05. The molecule has 1 N–H and O–H groups in total. The highest BCUT2D eigenvalue weighted by Gasteiger charge is 2.30. The summed E-state index contributed by atoms with van der Waals surface area (Å²) in [6.45, 7) is -0.206. The minimum absolute atomic E-state index is 0.206. The van der Waals surface area contributed by atoms with Crippen molar-refractivity contribution in [1.82, 2.24) is 0 Å². The molecule has 0 aliphatic carbocycles. The molecule has 0 heterocycles. The summed E-state index contributed by atoms with van der Waals surface area (Å²) in [4.78, 5) is 2.44. The van der Waals surface area contributed by atoms with Crippen molar-refractivity contribution in [3.63, 3.8) is 0 Å². The lowest BCUT2D eigenvalue weighted by Crippen LogP contribution is -2.06. The average molecular weight is 231 g/mol. The number of halogens is 3. The highest BCUT2D eigenvalue weighted by atomic mass is 19.4. The SMILES string of the molecule is [N-]=[N+]=NC[C@H](O)c1ccc(C(F)(F)F)cc1. The first-order valence-corrected chi connectivity index (χ1v) is 4.31. The molecule has 1 aromatic rings. The monoisotopic (exact) mass is 231 g/mol. The van der Waals surface area contributed by atoms with Crippen molar-refractivity contribution in [2.75, 3.05) is 6.54 Å². The molecule has 0 saturated heterocycles. The second-order valence-electron chi connectivity index (χ2n) is 3.05. The molecule has 86 valence electrons. The van der Waals surface area contributed by atoms with Crippen LogP contribution >= 0.6 is 0 Å². The Labute approximate surface area is 89.0 Å². The number of hydrogen-bond donors (Lipinski definition) is 1. The van der Waals surface area contributed by atoms with E-state index >= 15 is 0 Å². The minimum atomic E-state index is -4.39.